The van der Waals surface area contributed by atoms with E-state index < -0.39 is 9.84 Å². The Kier molecular flexibility index (Phi) is 4.86. The fourth-order valence-electron chi connectivity index (χ4n) is 3.99. The molecule has 4 heterocycles. The average molecular weight is 453 g/mol. The van der Waals surface area contributed by atoms with Gasteiger partial charge in [0.15, 0.2) is 15.5 Å². The van der Waals surface area contributed by atoms with Crippen molar-refractivity contribution in [3.63, 3.8) is 0 Å². The van der Waals surface area contributed by atoms with Gasteiger partial charge in [-0.1, -0.05) is 24.3 Å². The number of benzene rings is 1. The molecule has 9 heteroatoms. The number of hydrogen-bond donors (Lipinski definition) is 1. The van der Waals surface area contributed by atoms with Gasteiger partial charge in [0.2, 0.25) is 0 Å². The second-order valence-electron chi connectivity index (χ2n) is 7.64. The van der Waals surface area contributed by atoms with Crippen LogP contribution in [-0.4, -0.2) is 40.6 Å². The minimum absolute atomic E-state index is 0.0413. The highest BCUT2D eigenvalue weighted by molar-refractivity contribution is 7.91. The van der Waals surface area contributed by atoms with Crippen LogP contribution in [-0.2, 0) is 9.84 Å². The number of aromatic nitrogens is 3. The van der Waals surface area contributed by atoms with Gasteiger partial charge < -0.3 is 5.32 Å². The minimum Gasteiger partial charge on any atom is -0.322 e. The summed E-state index contributed by atoms with van der Waals surface area (Å²) in [5.41, 5.74) is 3.04. The number of rotatable bonds is 4. The summed E-state index contributed by atoms with van der Waals surface area (Å²) in [7, 11) is -3.09. The van der Waals surface area contributed by atoms with E-state index in [4.69, 9.17) is 4.98 Å². The normalized spacial score (nSPS) is 17.8. The molecule has 3 aromatic heterocycles. The highest BCUT2D eigenvalue weighted by atomic mass is 32.2. The summed E-state index contributed by atoms with van der Waals surface area (Å²) in [5.74, 6) is -0.0675. The van der Waals surface area contributed by atoms with E-state index in [1.165, 1.54) is 11.3 Å². The van der Waals surface area contributed by atoms with Crippen LogP contribution in [0.15, 0.2) is 53.9 Å². The van der Waals surface area contributed by atoms with Gasteiger partial charge in [-0.3, -0.25) is 4.79 Å². The maximum Gasteiger partial charge on any atom is 0.256 e. The summed E-state index contributed by atoms with van der Waals surface area (Å²) in [6.07, 6.45) is 0.495. The first-order chi connectivity index (χ1) is 14.9. The molecule has 1 fully saturated rings. The third-order valence-corrected chi connectivity index (χ3v) is 8.08. The largest absolute Gasteiger partial charge is 0.322 e. The number of fused-ring (bicyclic) bond motifs is 1. The highest BCUT2D eigenvalue weighted by Gasteiger charge is 2.32. The third-order valence-electron chi connectivity index (χ3n) is 5.44. The third kappa shape index (κ3) is 3.75. The molecule has 1 aliphatic rings. The van der Waals surface area contributed by atoms with Crippen molar-refractivity contribution in [1.82, 2.24) is 14.8 Å². The number of para-hydroxylation sites is 1. The predicted octanol–water partition coefficient (Wildman–Crippen LogP) is 4.08. The number of sulfone groups is 1. The molecule has 1 aliphatic heterocycles. The Balaban J connectivity index is 1.68. The van der Waals surface area contributed by atoms with E-state index >= 15 is 0 Å². The molecule has 0 saturated carbocycles. The number of carbonyl (C=O) groups excluding carboxylic acids is 1. The molecular weight excluding hydrogens is 432 g/mol. The molecule has 0 bridgehead atoms. The molecule has 31 heavy (non-hydrogen) atoms. The van der Waals surface area contributed by atoms with E-state index in [0.29, 0.717) is 40.1 Å². The lowest BCUT2D eigenvalue weighted by Gasteiger charge is -2.12. The van der Waals surface area contributed by atoms with Gasteiger partial charge in [0.25, 0.3) is 5.91 Å². The number of amides is 1. The summed E-state index contributed by atoms with van der Waals surface area (Å²) in [6, 6.07) is 14.7. The van der Waals surface area contributed by atoms with Crippen LogP contribution in [0, 0.1) is 6.92 Å². The molecule has 7 nitrogen and oxygen atoms in total. The molecule has 0 unspecified atom stereocenters. The number of anilines is 1. The van der Waals surface area contributed by atoms with Gasteiger partial charge in [0.05, 0.1) is 44.8 Å². The Bertz CT molecular complexity index is 1380. The van der Waals surface area contributed by atoms with Gasteiger partial charge in [-0.25, -0.2) is 18.1 Å². The van der Waals surface area contributed by atoms with Crippen molar-refractivity contribution in [2.75, 3.05) is 16.8 Å². The second kappa shape index (κ2) is 7.58. The highest BCUT2D eigenvalue weighted by Crippen LogP contribution is 2.33. The Morgan fingerprint density at radius 1 is 1.19 bits per heavy atom. The van der Waals surface area contributed by atoms with Crippen molar-refractivity contribution in [1.29, 1.82) is 0 Å². The van der Waals surface area contributed by atoms with Crippen LogP contribution >= 0.6 is 11.3 Å². The molecule has 4 aromatic rings. The standard InChI is InChI=1S/C22H20N4O3S2/c1-14-20-17(22(27)23-15-6-3-2-4-7-15)12-18(19-8-5-10-30-19)24-21(20)26(25-14)16-9-11-31(28,29)13-16/h2-8,10,12,16H,9,11,13H2,1H3,(H,23,27)/t16-/m1/s1. The maximum atomic E-state index is 13.3. The molecule has 158 valence electrons. The first-order valence-electron chi connectivity index (χ1n) is 9.92. The lowest BCUT2D eigenvalue weighted by Crippen LogP contribution is -2.15. The van der Waals surface area contributed by atoms with Crippen LogP contribution in [0.4, 0.5) is 5.69 Å². The lowest BCUT2D eigenvalue weighted by molar-refractivity contribution is 0.102. The van der Waals surface area contributed by atoms with Crippen molar-refractivity contribution in [2.24, 2.45) is 0 Å². The van der Waals surface area contributed by atoms with Crippen LogP contribution in [0.1, 0.15) is 28.5 Å². The van der Waals surface area contributed by atoms with Crippen LogP contribution in [0.5, 0.6) is 0 Å². The summed E-state index contributed by atoms with van der Waals surface area (Å²) in [6.45, 7) is 1.83. The smallest absolute Gasteiger partial charge is 0.256 e. The minimum atomic E-state index is -3.09. The van der Waals surface area contributed by atoms with Gasteiger partial charge in [-0.05, 0) is 43.0 Å². The van der Waals surface area contributed by atoms with Crippen molar-refractivity contribution >= 4 is 43.8 Å². The van der Waals surface area contributed by atoms with Gasteiger partial charge >= 0.3 is 0 Å². The molecule has 1 amide bonds. The van der Waals surface area contributed by atoms with Gasteiger partial charge in [0.1, 0.15) is 0 Å². The average Bonchev–Trinajstić information content (AvgIpc) is 3.47. The number of pyridine rings is 1. The van der Waals surface area contributed by atoms with E-state index in [1.54, 1.807) is 10.7 Å². The molecule has 1 aromatic carbocycles. The van der Waals surface area contributed by atoms with Crippen LogP contribution in [0.2, 0.25) is 0 Å². The zero-order valence-electron chi connectivity index (χ0n) is 16.8. The molecule has 1 atom stereocenters. The van der Waals surface area contributed by atoms with E-state index in [2.05, 4.69) is 10.4 Å². The van der Waals surface area contributed by atoms with E-state index in [9.17, 15) is 13.2 Å². The fraction of sp³-hybridized carbons (Fsp3) is 0.227. The fourth-order valence-corrected chi connectivity index (χ4v) is 6.36. The number of carbonyl (C=O) groups is 1. The number of aryl methyl sites for hydroxylation is 1. The number of thiophene rings is 1. The Morgan fingerprint density at radius 2 is 2.00 bits per heavy atom. The Morgan fingerprint density at radius 3 is 2.68 bits per heavy atom. The molecule has 5 rings (SSSR count). The maximum absolute atomic E-state index is 13.3. The second-order valence-corrected chi connectivity index (χ2v) is 10.8. The van der Waals surface area contributed by atoms with E-state index in [-0.39, 0.29) is 23.5 Å². The predicted molar refractivity (Wildman–Crippen MR) is 122 cm³/mol. The zero-order valence-corrected chi connectivity index (χ0v) is 18.4. The molecule has 0 aliphatic carbocycles. The van der Waals surface area contributed by atoms with Crippen molar-refractivity contribution in [2.45, 2.75) is 19.4 Å². The molecule has 0 spiro atoms. The summed E-state index contributed by atoms with van der Waals surface area (Å²) < 4.78 is 25.8. The van der Waals surface area contributed by atoms with Crippen molar-refractivity contribution < 1.29 is 13.2 Å². The number of nitrogens with zero attached hydrogens (tertiary/aromatic N) is 3. The Hall–Kier alpha value is -3.04. The summed E-state index contributed by atoms with van der Waals surface area (Å²) in [5, 5.41) is 10.2. The molecular formula is C22H20N4O3S2. The lowest BCUT2D eigenvalue weighted by atomic mass is 10.1. The van der Waals surface area contributed by atoms with Gasteiger partial charge in [-0.15, -0.1) is 11.3 Å². The van der Waals surface area contributed by atoms with Gasteiger partial charge in [-0.2, -0.15) is 5.10 Å². The van der Waals surface area contributed by atoms with E-state index in [1.807, 2.05) is 54.8 Å². The monoisotopic (exact) mass is 452 g/mol. The summed E-state index contributed by atoms with van der Waals surface area (Å²) in [4.78, 5) is 19.0. The Labute approximate surface area is 183 Å². The SMILES string of the molecule is Cc1nn([C@@H]2CCS(=O)(=O)C2)c2nc(-c3cccs3)cc(C(=O)Nc3ccccc3)c12. The first-order valence-corrected chi connectivity index (χ1v) is 12.6. The number of nitrogens with one attached hydrogen (secondary N) is 1. The molecule has 0 radical (unpaired) electrons. The molecule has 1 saturated heterocycles. The van der Waals surface area contributed by atoms with E-state index in [0.717, 1.165) is 4.88 Å². The quantitative estimate of drug-likeness (QED) is 0.504. The number of hydrogen-bond acceptors (Lipinski definition) is 6. The van der Waals surface area contributed by atoms with Crippen molar-refractivity contribution in [3.05, 3.63) is 65.2 Å². The van der Waals surface area contributed by atoms with Crippen LogP contribution in [0.3, 0.4) is 0 Å². The van der Waals surface area contributed by atoms with Gasteiger partial charge in [0, 0.05) is 5.69 Å². The molecule has 1 N–H and O–H groups in total. The van der Waals surface area contributed by atoms with Crippen LogP contribution in [0.25, 0.3) is 21.6 Å². The van der Waals surface area contributed by atoms with Crippen molar-refractivity contribution in [3.8, 4) is 10.6 Å². The zero-order chi connectivity index (χ0) is 21.6. The van der Waals surface area contributed by atoms with Crippen LogP contribution < -0.4 is 5.32 Å². The summed E-state index contributed by atoms with van der Waals surface area (Å²) >= 11 is 1.53. The topological polar surface area (TPSA) is 93.9 Å². The first kappa shape index (κ1) is 19.9.